The fourth-order valence-electron chi connectivity index (χ4n) is 1.31. The molecule has 0 spiro atoms. The molecule has 0 heterocycles. The molecule has 0 aliphatic heterocycles. The fraction of sp³-hybridized carbons (Fsp3) is 0.400. The first kappa shape index (κ1) is 15.3. The number of methoxy groups -OCH3 is 1. The van der Waals surface area contributed by atoms with Crippen LogP contribution in [0, 0.1) is 10.1 Å². The molecule has 1 aromatic rings. The van der Waals surface area contributed by atoms with Crippen molar-refractivity contribution in [3.8, 4) is 5.75 Å². The Morgan fingerprint density at radius 1 is 1.53 bits per heavy atom. The zero-order valence-corrected chi connectivity index (χ0v) is 11.3. The molecule has 1 unspecified atom stereocenters. The Morgan fingerprint density at radius 2 is 2.16 bits per heavy atom. The molecule has 0 fully saturated rings. The first-order valence-electron chi connectivity index (χ1n) is 5.35. The zero-order valence-electron chi connectivity index (χ0n) is 10.5. The van der Waals surface area contributed by atoms with Crippen LogP contribution >= 0.6 is 0 Å². The lowest BCUT2D eigenvalue weighted by atomic mass is 10.3. The van der Waals surface area contributed by atoms with Gasteiger partial charge in [-0.3, -0.25) is 10.1 Å². The number of nitro groups is 1. The predicted octanol–water partition coefficient (Wildman–Crippen LogP) is 0.229. The summed E-state index contributed by atoms with van der Waals surface area (Å²) in [4.78, 5) is 9.71. The number of nitro benzene ring substituents is 1. The first-order chi connectivity index (χ1) is 8.77. The minimum atomic E-state index is -3.91. The molecule has 0 aliphatic rings. The SMILES string of the molecule is COc1ccc([N+](=O)[O-])cc1S(=O)(=O)NCC(C)N. The minimum Gasteiger partial charge on any atom is -0.495 e. The molecule has 1 atom stereocenters. The molecule has 0 aliphatic carbocycles. The van der Waals surface area contributed by atoms with E-state index in [1.807, 2.05) is 0 Å². The Bertz CT molecular complexity index is 571. The van der Waals surface area contributed by atoms with Gasteiger partial charge in [0.15, 0.2) is 0 Å². The Balaban J connectivity index is 3.22. The molecule has 3 N–H and O–H groups in total. The highest BCUT2D eigenvalue weighted by molar-refractivity contribution is 7.89. The van der Waals surface area contributed by atoms with E-state index in [2.05, 4.69) is 4.72 Å². The quantitative estimate of drug-likeness (QED) is 0.570. The number of nitrogens with one attached hydrogen (secondary N) is 1. The lowest BCUT2D eigenvalue weighted by Crippen LogP contribution is -2.35. The second-order valence-electron chi connectivity index (χ2n) is 3.92. The van der Waals surface area contributed by atoms with Gasteiger partial charge in [0.2, 0.25) is 10.0 Å². The third kappa shape index (κ3) is 3.88. The summed E-state index contributed by atoms with van der Waals surface area (Å²) in [5.74, 6) is 0.0303. The molecule has 0 amide bonds. The highest BCUT2D eigenvalue weighted by Crippen LogP contribution is 2.27. The number of hydrogen-bond donors (Lipinski definition) is 2. The van der Waals surface area contributed by atoms with Crippen molar-refractivity contribution in [3.05, 3.63) is 28.3 Å². The van der Waals surface area contributed by atoms with Crippen molar-refractivity contribution in [2.45, 2.75) is 17.9 Å². The van der Waals surface area contributed by atoms with Crippen molar-refractivity contribution in [3.63, 3.8) is 0 Å². The maximum atomic E-state index is 12.0. The number of nitrogens with two attached hydrogens (primary N) is 1. The number of ether oxygens (including phenoxy) is 1. The summed E-state index contributed by atoms with van der Waals surface area (Å²) in [6.07, 6.45) is 0. The van der Waals surface area contributed by atoms with Gasteiger partial charge in [-0.05, 0) is 13.0 Å². The third-order valence-electron chi connectivity index (χ3n) is 2.24. The lowest BCUT2D eigenvalue weighted by molar-refractivity contribution is -0.385. The molecular formula is C10H15N3O5S. The van der Waals surface area contributed by atoms with E-state index >= 15 is 0 Å². The molecule has 0 saturated heterocycles. The van der Waals surface area contributed by atoms with Gasteiger partial charge in [-0.15, -0.1) is 0 Å². The fourth-order valence-corrected chi connectivity index (χ4v) is 2.64. The van der Waals surface area contributed by atoms with E-state index in [0.717, 1.165) is 6.07 Å². The van der Waals surface area contributed by atoms with Crippen LogP contribution in [-0.2, 0) is 10.0 Å². The van der Waals surface area contributed by atoms with Crippen molar-refractivity contribution in [2.24, 2.45) is 5.73 Å². The van der Waals surface area contributed by atoms with Crippen molar-refractivity contribution in [1.82, 2.24) is 4.72 Å². The summed E-state index contributed by atoms with van der Waals surface area (Å²) >= 11 is 0. The molecule has 8 nitrogen and oxygen atoms in total. The van der Waals surface area contributed by atoms with Crippen molar-refractivity contribution in [2.75, 3.05) is 13.7 Å². The first-order valence-corrected chi connectivity index (χ1v) is 6.84. The maximum Gasteiger partial charge on any atom is 0.271 e. The van der Waals surface area contributed by atoms with E-state index in [0.29, 0.717) is 0 Å². The van der Waals surface area contributed by atoms with Crippen LogP contribution in [0.15, 0.2) is 23.1 Å². The number of benzene rings is 1. The van der Waals surface area contributed by atoms with Gasteiger partial charge in [0.05, 0.1) is 12.0 Å². The number of rotatable bonds is 6. The third-order valence-corrected chi connectivity index (χ3v) is 3.69. The normalized spacial score (nSPS) is 13.0. The summed E-state index contributed by atoms with van der Waals surface area (Å²) in [6.45, 7) is 1.65. The van der Waals surface area contributed by atoms with E-state index in [-0.39, 0.29) is 28.9 Å². The average molecular weight is 289 g/mol. The average Bonchev–Trinajstić information content (AvgIpc) is 2.35. The molecule has 1 aromatic carbocycles. The van der Waals surface area contributed by atoms with Crippen LogP contribution < -0.4 is 15.2 Å². The van der Waals surface area contributed by atoms with Crippen LogP contribution in [0.5, 0.6) is 5.75 Å². The summed E-state index contributed by atoms with van der Waals surface area (Å²) in [5.41, 5.74) is 5.13. The Morgan fingerprint density at radius 3 is 2.63 bits per heavy atom. The smallest absolute Gasteiger partial charge is 0.271 e. The topological polar surface area (TPSA) is 125 Å². The van der Waals surface area contributed by atoms with Gasteiger partial charge in [0.25, 0.3) is 5.69 Å². The van der Waals surface area contributed by atoms with Gasteiger partial charge >= 0.3 is 0 Å². The molecule has 106 valence electrons. The minimum absolute atomic E-state index is 0.0220. The van der Waals surface area contributed by atoms with Gasteiger partial charge in [0, 0.05) is 24.7 Å². The Hall–Kier alpha value is -1.71. The second kappa shape index (κ2) is 5.95. The molecule has 0 radical (unpaired) electrons. The highest BCUT2D eigenvalue weighted by Gasteiger charge is 2.23. The van der Waals surface area contributed by atoms with Crippen LogP contribution in [0.2, 0.25) is 0 Å². The Labute approximate surface area is 110 Å². The van der Waals surface area contributed by atoms with E-state index in [1.165, 1.54) is 19.2 Å². The van der Waals surface area contributed by atoms with Crippen molar-refractivity contribution in [1.29, 1.82) is 0 Å². The zero-order chi connectivity index (χ0) is 14.6. The van der Waals surface area contributed by atoms with E-state index in [4.69, 9.17) is 10.5 Å². The van der Waals surface area contributed by atoms with E-state index < -0.39 is 14.9 Å². The molecule has 19 heavy (non-hydrogen) atoms. The van der Waals surface area contributed by atoms with Crippen molar-refractivity contribution < 1.29 is 18.1 Å². The van der Waals surface area contributed by atoms with Gasteiger partial charge < -0.3 is 10.5 Å². The van der Waals surface area contributed by atoms with Crippen LogP contribution in [-0.4, -0.2) is 33.0 Å². The number of non-ortho nitro benzene ring substituents is 1. The van der Waals surface area contributed by atoms with Crippen LogP contribution in [0.4, 0.5) is 5.69 Å². The Kier molecular flexibility index (Phi) is 4.81. The van der Waals surface area contributed by atoms with Crippen LogP contribution in [0.3, 0.4) is 0 Å². The van der Waals surface area contributed by atoms with E-state index in [1.54, 1.807) is 6.92 Å². The van der Waals surface area contributed by atoms with Gasteiger partial charge in [-0.25, -0.2) is 13.1 Å². The molecule has 9 heteroatoms. The molecule has 0 bridgehead atoms. The summed E-state index contributed by atoms with van der Waals surface area (Å²) in [6, 6.07) is 2.98. The maximum absolute atomic E-state index is 12.0. The lowest BCUT2D eigenvalue weighted by Gasteiger charge is -2.11. The molecule has 0 saturated carbocycles. The standard InChI is InChI=1S/C10H15N3O5S/c1-7(11)6-12-19(16,17)10-5-8(13(14)15)3-4-9(10)18-2/h3-5,7,12H,6,11H2,1-2H3. The molecule has 0 aromatic heterocycles. The van der Waals surface area contributed by atoms with Crippen LogP contribution in [0.25, 0.3) is 0 Å². The second-order valence-corrected chi connectivity index (χ2v) is 5.66. The molecule has 1 rings (SSSR count). The predicted molar refractivity (Wildman–Crippen MR) is 68.5 cm³/mol. The van der Waals surface area contributed by atoms with Crippen LogP contribution in [0.1, 0.15) is 6.92 Å². The summed E-state index contributed by atoms with van der Waals surface area (Å²) in [7, 11) is -2.63. The van der Waals surface area contributed by atoms with Gasteiger partial charge in [-0.2, -0.15) is 0 Å². The summed E-state index contributed by atoms with van der Waals surface area (Å²) in [5, 5.41) is 10.7. The van der Waals surface area contributed by atoms with Gasteiger partial charge in [0.1, 0.15) is 10.6 Å². The van der Waals surface area contributed by atoms with Gasteiger partial charge in [-0.1, -0.05) is 0 Å². The number of nitrogens with zero attached hydrogens (tertiary/aromatic N) is 1. The monoisotopic (exact) mass is 289 g/mol. The largest absolute Gasteiger partial charge is 0.495 e. The number of sulfonamides is 1. The molecular weight excluding hydrogens is 274 g/mol. The van der Waals surface area contributed by atoms with Crippen molar-refractivity contribution >= 4 is 15.7 Å². The summed E-state index contributed by atoms with van der Waals surface area (Å²) < 4.78 is 31.2. The number of hydrogen-bond acceptors (Lipinski definition) is 6. The highest BCUT2D eigenvalue weighted by atomic mass is 32.2. The van der Waals surface area contributed by atoms with E-state index in [9.17, 15) is 18.5 Å².